The Morgan fingerprint density at radius 2 is 2.19 bits per heavy atom. The number of nitro groups is 1. The fourth-order valence-electron chi connectivity index (χ4n) is 3.44. The highest BCUT2D eigenvalue weighted by atomic mass is 32.1. The van der Waals surface area contributed by atoms with Gasteiger partial charge in [0.15, 0.2) is 5.11 Å². The number of likely N-dealkylation sites (tertiary alicyclic amines) is 1. The van der Waals surface area contributed by atoms with Crippen molar-refractivity contribution in [2.75, 3.05) is 20.1 Å². The Hall–Kier alpha value is -2.68. The molecule has 1 amide bonds. The summed E-state index contributed by atoms with van der Waals surface area (Å²) in [5.74, 6) is 0.536. The van der Waals surface area contributed by atoms with Crippen LogP contribution >= 0.6 is 12.2 Å². The molecule has 0 aliphatic carbocycles. The molecule has 2 N–H and O–H groups in total. The van der Waals surface area contributed by atoms with Gasteiger partial charge in [-0.1, -0.05) is 0 Å². The third-order valence-electron chi connectivity index (χ3n) is 4.80. The van der Waals surface area contributed by atoms with Crippen molar-refractivity contribution in [1.82, 2.24) is 15.5 Å². The van der Waals surface area contributed by atoms with Crippen LogP contribution in [-0.4, -0.2) is 46.6 Å². The Morgan fingerprint density at radius 3 is 2.78 bits per heavy atom. The number of amides is 1. The van der Waals surface area contributed by atoms with E-state index in [0.717, 1.165) is 12.0 Å². The second-order valence-corrected chi connectivity index (χ2v) is 7.37. The Bertz CT molecular complexity index is 850. The normalized spacial score (nSPS) is 18.0. The number of hydrogen-bond donors (Lipinski definition) is 2. The number of rotatable bonds is 4. The zero-order valence-corrected chi connectivity index (χ0v) is 16.3. The summed E-state index contributed by atoms with van der Waals surface area (Å²) in [7, 11) is 1.72. The summed E-state index contributed by atoms with van der Waals surface area (Å²) in [6.45, 7) is 4.76. The predicted octanol–water partition coefficient (Wildman–Crippen LogP) is 2.19. The van der Waals surface area contributed by atoms with Gasteiger partial charge in [0.05, 0.1) is 10.6 Å². The third-order valence-corrected chi connectivity index (χ3v) is 5.15. The van der Waals surface area contributed by atoms with Crippen LogP contribution in [0.15, 0.2) is 23.8 Å². The van der Waals surface area contributed by atoms with Crippen LogP contribution in [0.25, 0.3) is 5.70 Å². The van der Waals surface area contributed by atoms with Crippen LogP contribution in [0.3, 0.4) is 0 Å². The third kappa shape index (κ3) is 3.59. The van der Waals surface area contributed by atoms with Gasteiger partial charge in [0.2, 0.25) is 5.91 Å². The molecular formula is C18H22N4O4S. The van der Waals surface area contributed by atoms with Crippen LogP contribution in [-0.2, 0) is 4.79 Å². The lowest BCUT2D eigenvalue weighted by molar-refractivity contribution is -0.384. The molecular weight excluding hydrogens is 368 g/mol. The molecule has 8 nitrogen and oxygen atoms in total. The number of nitro benzene ring substituents is 1. The van der Waals surface area contributed by atoms with Crippen LogP contribution in [0.4, 0.5) is 5.69 Å². The SMILES string of the molecule is CNC(=S)NCC1=C(N2CCCC2=O)c2cc([N+](=O)[O-])ccc2OC1(C)C. The van der Waals surface area contributed by atoms with Gasteiger partial charge in [-0.3, -0.25) is 14.9 Å². The van der Waals surface area contributed by atoms with Crippen molar-refractivity contribution in [2.24, 2.45) is 0 Å². The van der Waals surface area contributed by atoms with Crippen LogP contribution in [0.5, 0.6) is 5.75 Å². The van der Waals surface area contributed by atoms with Crippen LogP contribution in [0.2, 0.25) is 0 Å². The van der Waals surface area contributed by atoms with E-state index in [1.54, 1.807) is 18.0 Å². The minimum Gasteiger partial charge on any atom is -0.483 e. The highest BCUT2D eigenvalue weighted by molar-refractivity contribution is 7.80. The summed E-state index contributed by atoms with van der Waals surface area (Å²) in [4.78, 5) is 25.1. The monoisotopic (exact) mass is 390 g/mol. The number of carbonyl (C=O) groups excluding carboxylic acids is 1. The minimum absolute atomic E-state index is 0.00819. The van der Waals surface area contributed by atoms with Gasteiger partial charge in [-0.05, 0) is 38.6 Å². The van der Waals surface area contributed by atoms with Gasteiger partial charge in [0, 0.05) is 49.8 Å². The quantitative estimate of drug-likeness (QED) is 0.462. The zero-order chi connectivity index (χ0) is 19.8. The van der Waals surface area contributed by atoms with Crippen molar-refractivity contribution >= 4 is 34.6 Å². The number of carbonyl (C=O) groups is 1. The number of ether oxygens (including phenoxy) is 1. The lowest BCUT2D eigenvalue weighted by Crippen LogP contribution is -2.44. The molecule has 1 saturated heterocycles. The van der Waals surface area contributed by atoms with Crippen molar-refractivity contribution in [3.63, 3.8) is 0 Å². The summed E-state index contributed by atoms with van der Waals surface area (Å²) >= 11 is 5.17. The minimum atomic E-state index is -0.711. The summed E-state index contributed by atoms with van der Waals surface area (Å²) in [5.41, 5.74) is 1.31. The summed E-state index contributed by atoms with van der Waals surface area (Å²) in [6.07, 6.45) is 1.22. The Kier molecular flexibility index (Phi) is 5.05. The van der Waals surface area contributed by atoms with Gasteiger partial charge in [0.1, 0.15) is 11.4 Å². The second-order valence-electron chi connectivity index (χ2n) is 6.96. The number of nitrogens with zero attached hydrogens (tertiary/aromatic N) is 2. The average molecular weight is 390 g/mol. The van der Waals surface area contributed by atoms with Crippen molar-refractivity contribution in [3.05, 3.63) is 39.4 Å². The Balaban J connectivity index is 2.18. The Labute approximate surface area is 162 Å². The Morgan fingerprint density at radius 1 is 1.44 bits per heavy atom. The van der Waals surface area contributed by atoms with E-state index in [1.165, 1.54) is 12.1 Å². The number of non-ortho nitro benzene ring substituents is 1. The van der Waals surface area contributed by atoms with E-state index in [0.29, 0.717) is 41.6 Å². The largest absolute Gasteiger partial charge is 0.483 e. The second kappa shape index (κ2) is 7.15. The first-order valence-electron chi connectivity index (χ1n) is 8.72. The smallest absolute Gasteiger partial charge is 0.270 e. The van der Waals surface area contributed by atoms with Crippen molar-refractivity contribution in [2.45, 2.75) is 32.3 Å². The van der Waals surface area contributed by atoms with Crippen LogP contribution in [0.1, 0.15) is 32.3 Å². The van der Waals surface area contributed by atoms with Crippen LogP contribution in [0, 0.1) is 10.1 Å². The maximum absolute atomic E-state index is 12.5. The molecule has 0 bridgehead atoms. The van der Waals surface area contributed by atoms with E-state index < -0.39 is 10.5 Å². The molecule has 0 unspecified atom stereocenters. The maximum atomic E-state index is 12.5. The fraction of sp³-hybridized carbons (Fsp3) is 0.444. The molecule has 0 spiro atoms. The number of thiocarbonyl (C=S) groups is 1. The molecule has 27 heavy (non-hydrogen) atoms. The molecule has 3 rings (SSSR count). The van der Waals surface area contributed by atoms with Crippen LogP contribution < -0.4 is 15.4 Å². The lowest BCUT2D eigenvalue weighted by atomic mass is 9.88. The van der Waals surface area contributed by atoms with E-state index in [-0.39, 0.29) is 11.6 Å². The molecule has 9 heteroatoms. The molecule has 2 aliphatic rings. The lowest BCUT2D eigenvalue weighted by Gasteiger charge is -2.39. The van der Waals surface area contributed by atoms with E-state index in [9.17, 15) is 14.9 Å². The maximum Gasteiger partial charge on any atom is 0.270 e. The van der Waals surface area contributed by atoms with Crippen molar-refractivity contribution in [1.29, 1.82) is 0 Å². The van der Waals surface area contributed by atoms with Gasteiger partial charge in [-0.2, -0.15) is 0 Å². The molecule has 0 aromatic heterocycles. The standard InChI is InChI=1S/C18H22N4O4S/c1-18(2)13(10-20-17(27)19-3)16(21-8-4-5-15(21)23)12-9-11(22(24)25)6-7-14(12)26-18/h6-7,9H,4-5,8,10H2,1-3H3,(H2,19,20,27). The average Bonchev–Trinajstić information content (AvgIpc) is 3.03. The summed E-state index contributed by atoms with van der Waals surface area (Å²) in [5, 5.41) is 17.7. The fourth-order valence-corrected chi connectivity index (χ4v) is 3.51. The van der Waals surface area contributed by atoms with Gasteiger partial charge in [-0.15, -0.1) is 0 Å². The molecule has 0 atom stereocenters. The first kappa shape index (κ1) is 19.1. The van der Waals surface area contributed by atoms with Gasteiger partial charge in [-0.25, -0.2) is 0 Å². The number of fused-ring (bicyclic) bond motifs is 1. The molecule has 2 aliphatic heterocycles. The summed E-state index contributed by atoms with van der Waals surface area (Å²) in [6, 6.07) is 4.48. The van der Waals surface area contributed by atoms with E-state index in [2.05, 4.69) is 10.6 Å². The molecule has 144 valence electrons. The summed E-state index contributed by atoms with van der Waals surface area (Å²) < 4.78 is 6.14. The van der Waals surface area contributed by atoms with Gasteiger partial charge in [0.25, 0.3) is 5.69 Å². The molecule has 1 aromatic rings. The van der Waals surface area contributed by atoms with E-state index >= 15 is 0 Å². The number of benzene rings is 1. The molecule has 0 radical (unpaired) electrons. The topological polar surface area (TPSA) is 96.7 Å². The molecule has 1 aromatic carbocycles. The molecule has 2 heterocycles. The highest BCUT2D eigenvalue weighted by Gasteiger charge is 2.40. The van der Waals surface area contributed by atoms with E-state index in [1.807, 2.05) is 13.8 Å². The highest BCUT2D eigenvalue weighted by Crippen LogP contribution is 2.44. The molecule has 1 fully saturated rings. The predicted molar refractivity (Wildman–Crippen MR) is 105 cm³/mol. The zero-order valence-electron chi connectivity index (χ0n) is 15.5. The van der Waals surface area contributed by atoms with Gasteiger partial charge < -0.3 is 20.3 Å². The van der Waals surface area contributed by atoms with Crippen molar-refractivity contribution in [3.8, 4) is 5.75 Å². The first-order chi connectivity index (χ1) is 12.7. The van der Waals surface area contributed by atoms with E-state index in [4.69, 9.17) is 17.0 Å². The first-order valence-corrected chi connectivity index (χ1v) is 9.13. The number of nitrogens with one attached hydrogen (secondary N) is 2. The van der Waals surface area contributed by atoms with Crippen molar-refractivity contribution < 1.29 is 14.5 Å². The molecule has 0 saturated carbocycles. The van der Waals surface area contributed by atoms with Gasteiger partial charge >= 0.3 is 0 Å². The number of hydrogen-bond acceptors (Lipinski definition) is 5.